The van der Waals surface area contributed by atoms with E-state index in [1.54, 1.807) is 25.1 Å². The SMILES string of the molecule is C[C@@H]1[C@@H](C)CCC[C@@H]([C@H]2OC[C@H](O)CO2)[C@@H]2CC[C@H]2CN2CCCCc3cc(Cl)ccc3COc3ccc(cc32)C(=O)NS1(=O)=O. The molecule has 1 saturated heterocycles. The van der Waals surface area contributed by atoms with E-state index >= 15 is 0 Å². The smallest absolute Gasteiger partial charge is 0.264 e. The minimum atomic E-state index is -3.92. The number of benzene rings is 2. The van der Waals surface area contributed by atoms with Gasteiger partial charge in [0.25, 0.3) is 5.91 Å². The van der Waals surface area contributed by atoms with Crippen molar-refractivity contribution in [3.63, 3.8) is 0 Å². The van der Waals surface area contributed by atoms with Crippen LogP contribution in [0.2, 0.25) is 5.02 Å². The molecule has 0 spiro atoms. The molecule has 0 unspecified atom stereocenters. The highest BCUT2D eigenvalue weighted by atomic mass is 35.5. The molecule has 9 nitrogen and oxygen atoms in total. The first-order valence-electron chi connectivity index (χ1n) is 16.9. The van der Waals surface area contributed by atoms with Gasteiger partial charge in [0.2, 0.25) is 10.0 Å². The average Bonchev–Trinajstić information content (AvgIpc) is 3.05. The molecule has 2 N–H and O–H groups in total. The van der Waals surface area contributed by atoms with Crippen LogP contribution in [0, 0.1) is 23.7 Å². The molecule has 11 heteroatoms. The summed E-state index contributed by atoms with van der Waals surface area (Å²) in [6.45, 7) is 6.04. The number of aliphatic hydroxyl groups is 1. The lowest BCUT2D eigenvalue weighted by atomic mass is 9.65. The lowest BCUT2D eigenvalue weighted by Gasteiger charge is -2.47. The molecule has 46 heavy (non-hydrogen) atoms. The number of fused-ring (bicyclic) bond motifs is 3. The number of nitrogens with one attached hydrogen (secondary N) is 1. The Morgan fingerprint density at radius 3 is 2.50 bits per heavy atom. The third kappa shape index (κ3) is 7.51. The predicted molar refractivity (Wildman–Crippen MR) is 178 cm³/mol. The van der Waals surface area contributed by atoms with Gasteiger partial charge < -0.3 is 24.2 Å². The molecular formula is C35H47ClN2O7S. The number of carbonyl (C=O) groups is 1. The van der Waals surface area contributed by atoms with Crippen LogP contribution >= 0.6 is 11.6 Å². The van der Waals surface area contributed by atoms with Gasteiger partial charge in [-0.3, -0.25) is 4.79 Å². The lowest BCUT2D eigenvalue weighted by Crippen LogP contribution is -2.48. The van der Waals surface area contributed by atoms with Crippen molar-refractivity contribution in [1.82, 2.24) is 4.72 Å². The summed E-state index contributed by atoms with van der Waals surface area (Å²) in [5.74, 6) is 0.776. The number of aliphatic hydroxyl groups excluding tert-OH is 1. The summed E-state index contributed by atoms with van der Waals surface area (Å²) in [6.07, 6.45) is 6.30. The van der Waals surface area contributed by atoms with Crippen molar-refractivity contribution in [1.29, 1.82) is 0 Å². The van der Waals surface area contributed by atoms with Crippen LogP contribution in [-0.2, 0) is 32.5 Å². The van der Waals surface area contributed by atoms with Crippen molar-refractivity contribution in [3.8, 4) is 5.75 Å². The number of ether oxygens (including phenoxy) is 3. The van der Waals surface area contributed by atoms with E-state index in [1.165, 1.54) is 5.56 Å². The summed E-state index contributed by atoms with van der Waals surface area (Å²) in [5.41, 5.74) is 3.34. The maximum absolute atomic E-state index is 13.5. The van der Waals surface area contributed by atoms with Crippen LogP contribution in [0.5, 0.6) is 5.75 Å². The number of nitrogens with zero attached hydrogens (tertiary/aromatic N) is 1. The molecule has 1 aliphatic carbocycles. The van der Waals surface area contributed by atoms with Gasteiger partial charge in [0.1, 0.15) is 18.5 Å². The summed E-state index contributed by atoms with van der Waals surface area (Å²) in [6, 6.07) is 11.2. The minimum Gasteiger partial charge on any atom is -0.487 e. The number of amides is 1. The molecule has 2 aromatic rings. The third-order valence-corrected chi connectivity index (χ3v) is 12.8. The van der Waals surface area contributed by atoms with Crippen LogP contribution in [0.1, 0.15) is 80.3 Å². The lowest BCUT2D eigenvalue weighted by molar-refractivity contribution is -0.252. The van der Waals surface area contributed by atoms with Crippen molar-refractivity contribution in [3.05, 3.63) is 58.1 Å². The average molecular weight is 675 g/mol. The van der Waals surface area contributed by atoms with Crippen molar-refractivity contribution < 1.29 is 32.5 Å². The second kappa shape index (κ2) is 14.4. The number of hydrogen-bond acceptors (Lipinski definition) is 8. The van der Waals surface area contributed by atoms with Gasteiger partial charge in [-0.1, -0.05) is 31.0 Å². The summed E-state index contributed by atoms with van der Waals surface area (Å²) < 4.78 is 47.7. The number of halogens is 1. The second-order valence-electron chi connectivity index (χ2n) is 13.7. The Morgan fingerprint density at radius 2 is 1.74 bits per heavy atom. The number of carbonyl (C=O) groups excluding carboxylic acids is 1. The Hall–Kier alpha value is -2.37. The van der Waals surface area contributed by atoms with E-state index in [1.807, 2.05) is 25.1 Å². The van der Waals surface area contributed by atoms with Gasteiger partial charge >= 0.3 is 0 Å². The van der Waals surface area contributed by atoms with Crippen molar-refractivity contribution >= 4 is 33.2 Å². The Labute approximate surface area is 278 Å². The standard InChI is InChI=1S/C35H47ClN2O7S/c1-22-6-5-8-31(35-44-20-29(39)21-45-35)30-13-10-26(30)18-38-15-4-3-7-24-16-28(36)12-9-27(24)19-43-33-14-11-25(17-32(33)38)34(40)37-46(41,42)23(22)2/h9,11-12,14,16-17,22-23,26,29-31,35,39H,3-8,10,13,15,18-21H2,1-2H3,(H,37,40)/t22-,23+,26-,29-,30+,31+,35-/m0/s1. The van der Waals surface area contributed by atoms with Crippen LogP contribution in [-0.4, -0.2) is 63.4 Å². The normalized spacial score (nSPS) is 32.4. The van der Waals surface area contributed by atoms with Gasteiger partial charge in [0.15, 0.2) is 6.29 Å². The van der Waals surface area contributed by atoms with Crippen LogP contribution in [0.4, 0.5) is 5.69 Å². The Bertz CT molecular complexity index is 1500. The number of hydrogen-bond donors (Lipinski definition) is 2. The van der Waals surface area contributed by atoms with Gasteiger partial charge in [-0.05, 0) is 111 Å². The monoisotopic (exact) mass is 674 g/mol. The fourth-order valence-corrected chi connectivity index (χ4v) is 9.06. The number of rotatable bonds is 1. The van der Waals surface area contributed by atoms with Gasteiger partial charge in [-0.15, -0.1) is 0 Å². The highest BCUT2D eigenvalue weighted by molar-refractivity contribution is 7.90. The van der Waals surface area contributed by atoms with Crippen molar-refractivity contribution in [2.75, 3.05) is 31.2 Å². The van der Waals surface area contributed by atoms with E-state index in [4.69, 9.17) is 25.8 Å². The zero-order valence-corrected chi connectivity index (χ0v) is 28.4. The van der Waals surface area contributed by atoms with E-state index in [0.29, 0.717) is 35.6 Å². The fraction of sp³-hybridized carbons (Fsp3) is 0.629. The highest BCUT2D eigenvalue weighted by Gasteiger charge is 2.43. The Morgan fingerprint density at radius 1 is 0.935 bits per heavy atom. The van der Waals surface area contributed by atoms with Gasteiger partial charge in [0, 0.05) is 29.6 Å². The first-order chi connectivity index (χ1) is 22.1. The quantitative estimate of drug-likeness (QED) is 0.396. The molecule has 0 aromatic heterocycles. The molecule has 6 rings (SSSR count). The minimum absolute atomic E-state index is 0.142. The number of sulfonamides is 1. The topological polar surface area (TPSA) is 114 Å². The molecule has 252 valence electrons. The predicted octanol–water partition coefficient (Wildman–Crippen LogP) is 5.71. The third-order valence-electron chi connectivity index (χ3n) is 10.7. The summed E-state index contributed by atoms with van der Waals surface area (Å²) >= 11 is 6.35. The molecule has 2 aromatic carbocycles. The van der Waals surface area contributed by atoms with Crippen molar-refractivity contribution in [2.24, 2.45) is 23.7 Å². The van der Waals surface area contributed by atoms with Crippen LogP contribution < -0.4 is 14.4 Å². The molecular weight excluding hydrogens is 628 g/mol. The first kappa shape index (κ1) is 33.5. The number of anilines is 1. The van der Waals surface area contributed by atoms with Gasteiger partial charge in [-0.25, -0.2) is 13.1 Å². The van der Waals surface area contributed by atoms with E-state index in [2.05, 4.69) is 9.62 Å². The Kier molecular flexibility index (Phi) is 10.5. The number of aryl methyl sites for hydroxylation is 1. The van der Waals surface area contributed by atoms with Crippen LogP contribution in [0.15, 0.2) is 36.4 Å². The van der Waals surface area contributed by atoms with E-state index in [0.717, 1.165) is 69.3 Å². The molecule has 3 aliphatic heterocycles. The van der Waals surface area contributed by atoms with E-state index < -0.39 is 27.3 Å². The van der Waals surface area contributed by atoms with Gasteiger partial charge in [-0.2, -0.15) is 0 Å². The molecule has 5 atom stereocenters. The summed E-state index contributed by atoms with van der Waals surface area (Å²) in [5, 5.41) is 10.00. The molecule has 2 bridgehead atoms. The zero-order valence-electron chi connectivity index (χ0n) is 26.8. The zero-order chi connectivity index (χ0) is 32.4. The molecule has 3 heterocycles. The van der Waals surface area contributed by atoms with E-state index in [-0.39, 0.29) is 36.9 Å². The van der Waals surface area contributed by atoms with E-state index in [9.17, 15) is 18.3 Å². The van der Waals surface area contributed by atoms with Crippen molar-refractivity contribution in [2.45, 2.75) is 89.5 Å². The molecule has 0 radical (unpaired) electrons. The van der Waals surface area contributed by atoms with Gasteiger partial charge in [0.05, 0.1) is 24.2 Å². The molecule has 1 saturated carbocycles. The second-order valence-corrected chi connectivity index (χ2v) is 16.2. The Balaban J connectivity index is 1.36. The first-order valence-corrected chi connectivity index (χ1v) is 18.8. The highest BCUT2D eigenvalue weighted by Crippen LogP contribution is 2.46. The molecule has 4 aliphatic rings. The largest absolute Gasteiger partial charge is 0.487 e. The maximum Gasteiger partial charge on any atom is 0.264 e. The summed E-state index contributed by atoms with van der Waals surface area (Å²) in [4.78, 5) is 15.8. The maximum atomic E-state index is 13.5. The van der Waals surface area contributed by atoms with Crippen LogP contribution in [0.3, 0.4) is 0 Å². The molecule has 2 fully saturated rings. The summed E-state index contributed by atoms with van der Waals surface area (Å²) in [7, 11) is -3.92. The molecule has 1 amide bonds. The fourth-order valence-electron chi connectivity index (χ4n) is 7.55. The van der Waals surface area contributed by atoms with Crippen LogP contribution in [0.25, 0.3) is 0 Å².